The van der Waals surface area contributed by atoms with E-state index in [1.807, 2.05) is 0 Å². The maximum atomic E-state index is 12.4. The van der Waals surface area contributed by atoms with E-state index < -0.39 is 10.0 Å². The molecular weight excluding hydrogens is 399 g/mol. The highest BCUT2D eigenvalue weighted by Crippen LogP contribution is 2.35. The monoisotopic (exact) mass is 408 g/mol. The van der Waals surface area contributed by atoms with Crippen LogP contribution in [-0.2, 0) is 16.6 Å². The molecule has 0 aliphatic heterocycles. The van der Waals surface area contributed by atoms with Crippen molar-refractivity contribution in [2.75, 3.05) is 4.72 Å². The van der Waals surface area contributed by atoms with Gasteiger partial charge in [0.2, 0.25) is 0 Å². The Bertz CT molecular complexity index is 758. The van der Waals surface area contributed by atoms with Crippen LogP contribution >= 0.6 is 39.1 Å². The zero-order valence-electron chi connectivity index (χ0n) is 10.6. The van der Waals surface area contributed by atoms with Gasteiger partial charge >= 0.3 is 0 Å². The minimum Gasteiger partial charge on any atom is -0.326 e. The maximum absolute atomic E-state index is 12.4. The van der Waals surface area contributed by atoms with E-state index in [4.69, 9.17) is 28.9 Å². The van der Waals surface area contributed by atoms with Crippen molar-refractivity contribution in [1.82, 2.24) is 0 Å². The Labute approximate surface area is 141 Å². The van der Waals surface area contributed by atoms with Crippen molar-refractivity contribution >= 4 is 54.8 Å². The Hall–Kier alpha value is -0.790. The minimum atomic E-state index is -3.79. The van der Waals surface area contributed by atoms with Crippen LogP contribution in [0.4, 0.5) is 5.69 Å². The van der Waals surface area contributed by atoms with Gasteiger partial charge in [0.05, 0.1) is 20.6 Å². The van der Waals surface area contributed by atoms with E-state index in [9.17, 15) is 8.42 Å². The largest absolute Gasteiger partial charge is 0.326 e. The van der Waals surface area contributed by atoms with Gasteiger partial charge < -0.3 is 5.73 Å². The first-order valence-electron chi connectivity index (χ1n) is 5.80. The van der Waals surface area contributed by atoms with Crippen molar-refractivity contribution in [2.45, 2.75) is 11.4 Å². The van der Waals surface area contributed by atoms with Crippen LogP contribution in [0.15, 0.2) is 45.8 Å². The summed E-state index contributed by atoms with van der Waals surface area (Å²) in [5.74, 6) is 0. The van der Waals surface area contributed by atoms with E-state index >= 15 is 0 Å². The Kier molecular flexibility index (Phi) is 5.16. The van der Waals surface area contributed by atoms with Crippen LogP contribution < -0.4 is 10.5 Å². The SMILES string of the molecule is NCc1cccc(S(=O)(=O)Nc2c(Cl)cc(Br)cc2Cl)c1. The number of anilines is 1. The molecule has 0 heterocycles. The van der Waals surface area contributed by atoms with E-state index in [0.29, 0.717) is 10.0 Å². The summed E-state index contributed by atoms with van der Waals surface area (Å²) in [4.78, 5) is 0.0977. The van der Waals surface area contributed by atoms with Crippen molar-refractivity contribution < 1.29 is 8.42 Å². The van der Waals surface area contributed by atoms with E-state index in [1.165, 1.54) is 12.1 Å². The molecule has 0 aliphatic carbocycles. The predicted octanol–water partition coefficient (Wildman–Crippen LogP) is 4.02. The Balaban J connectivity index is 2.42. The summed E-state index contributed by atoms with van der Waals surface area (Å²) >= 11 is 15.3. The molecule has 2 aromatic carbocycles. The van der Waals surface area contributed by atoms with Gasteiger partial charge in [-0.25, -0.2) is 8.42 Å². The van der Waals surface area contributed by atoms with Crippen molar-refractivity contribution in [3.05, 3.63) is 56.5 Å². The van der Waals surface area contributed by atoms with Crippen LogP contribution in [0.1, 0.15) is 5.56 Å². The third-order valence-corrected chi connectivity index (χ3v) is 5.09. The highest BCUT2D eigenvalue weighted by Gasteiger charge is 2.18. The second kappa shape index (κ2) is 6.54. The highest BCUT2D eigenvalue weighted by molar-refractivity contribution is 9.10. The molecule has 0 saturated heterocycles. The van der Waals surface area contributed by atoms with Gasteiger partial charge in [-0.2, -0.15) is 0 Å². The summed E-state index contributed by atoms with van der Waals surface area (Å²) in [6.07, 6.45) is 0. The normalized spacial score (nSPS) is 11.4. The molecule has 0 aromatic heterocycles. The zero-order valence-corrected chi connectivity index (χ0v) is 14.5. The van der Waals surface area contributed by atoms with Crippen molar-refractivity contribution in [3.63, 3.8) is 0 Å². The molecule has 8 heteroatoms. The predicted molar refractivity (Wildman–Crippen MR) is 89.3 cm³/mol. The van der Waals surface area contributed by atoms with Crippen LogP contribution in [0, 0.1) is 0 Å². The molecule has 0 unspecified atom stereocenters. The molecule has 2 rings (SSSR count). The van der Waals surface area contributed by atoms with Gasteiger partial charge in [-0.3, -0.25) is 4.72 Å². The summed E-state index contributed by atoms with van der Waals surface area (Å²) in [6, 6.07) is 9.47. The number of nitrogens with two attached hydrogens (primary N) is 1. The molecule has 3 N–H and O–H groups in total. The second-order valence-corrected chi connectivity index (χ2v) is 7.61. The fourth-order valence-electron chi connectivity index (χ4n) is 1.67. The Morgan fingerprint density at radius 3 is 2.33 bits per heavy atom. The molecule has 0 radical (unpaired) electrons. The van der Waals surface area contributed by atoms with Crippen molar-refractivity contribution in [1.29, 1.82) is 0 Å². The van der Waals surface area contributed by atoms with E-state index in [1.54, 1.807) is 24.3 Å². The first-order chi connectivity index (χ1) is 9.83. The Morgan fingerprint density at radius 2 is 1.76 bits per heavy atom. The number of hydrogen-bond donors (Lipinski definition) is 2. The molecule has 21 heavy (non-hydrogen) atoms. The molecule has 0 saturated carbocycles. The Morgan fingerprint density at radius 1 is 1.14 bits per heavy atom. The molecule has 0 spiro atoms. The zero-order chi connectivity index (χ0) is 15.6. The fraction of sp³-hybridized carbons (Fsp3) is 0.0769. The van der Waals surface area contributed by atoms with Gasteiger partial charge in [-0.05, 0) is 29.8 Å². The van der Waals surface area contributed by atoms with Crippen LogP contribution in [0.5, 0.6) is 0 Å². The molecule has 112 valence electrons. The van der Waals surface area contributed by atoms with E-state index in [-0.39, 0.29) is 27.2 Å². The third kappa shape index (κ3) is 3.90. The average molecular weight is 410 g/mol. The summed E-state index contributed by atoms with van der Waals surface area (Å²) in [6.45, 7) is 0.253. The first kappa shape index (κ1) is 16.6. The van der Waals surface area contributed by atoms with Crippen molar-refractivity contribution in [2.24, 2.45) is 5.73 Å². The van der Waals surface area contributed by atoms with E-state index in [2.05, 4.69) is 20.7 Å². The van der Waals surface area contributed by atoms with Gasteiger partial charge in [-0.15, -0.1) is 0 Å². The van der Waals surface area contributed by atoms with Gasteiger partial charge in [0.25, 0.3) is 10.0 Å². The lowest BCUT2D eigenvalue weighted by atomic mass is 10.2. The van der Waals surface area contributed by atoms with Gasteiger partial charge in [-0.1, -0.05) is 51.3 Å². The molecule has 0 bridgehead atoms. The molecule has 4 nitrogen and oxygen atoms in total. The highest BCUT2D eigenvalue weighted by atomic mass is 79.9. The number of benzene rings is 2. The summed E-state index contributed by atoms with van der Waals surface area (Å²) in [5, 5.41) is 0.404. The second-order valence-electron chi connectivity index (χ2n) is 4.20. The molecule has 0 amide bonds. The lowest BCUT2D eigenvalue weighted by molar-refractivity contribution is 0.601. The smallest absolute Gasteiger partial charge is 0.261 e. The third-order valence-electron chi connectivity index (χ3n) is 2.69. The number of hydrogen-bond acceptors (Lipinski definition) is 3. The molecule has 0 fully saturated rings. The van der Waals surface area contributed by atoms with E-state index in [0.717, 1.165) is 0 Å². The first-order valence-corrected chi connectivity index (χ1v) is 8.83. The van der Waals surface area contributed by atoms with Crippen molar-refractivity contribution in [3.8, 4) is 0 Å². The quantitative estimate of drug-likeness (QED) is 0.800. The lowest BCUT2D eigenvalue weighted by Gasteiger charge is -2.12. The summed E-state index contributed by atoms with van der Waals surface area (Å²) < 4.78 is 27.8. The number of halogens is 3. The molecule has 2 aromatic rings. The number of rotatable bonds is 4. The summed E-state index contributed by atoms with van der Waals surface area (Å²) in [5.41, 5.74) is 6.37. The average Bonchev–Trinajstić information content (AvgIpc) is 2.43. The lowest BCUT2D eigenvalue weighted by Crippen LogP contribution is -2.14. The van der Waals surface area contributed by atoms with Crippen LogP contribution in [-0.4, -0.2) is 8.42 Å². The van der Waals surface area contributed by atoms with Gasteiger partial charge in [0, 0.05) is 11.0 Å². The fourth-order valence-corrected chi connectivity index (χ4v) is 4.26. The van der Waals surface area contributed by atoms with Crippen LogP contribution in [0.25, 0.3) is 0 Å². The van der Waals surface area contributed by atoms with Crippen LogP contribution in [0.3, 0.4) is 0 Å². The molecular formula is C13H11BrCl2N2O2S. The van der Waals surface area contributed by atoms with Crippen LogP contribution in [0.2, 0.25) is 10.0 Å². The number of nitrogens with one attached hydrogen (secondary N) is 1. The topological polar surface area (TPSA) is 72.2 Å². The standard InChI is InChI=1S/C13H11BrCl2N2O2S/c14-9-5-11(15)13(12(16)6-9)18-21(19,20)10-3-1-2-8(4-10)7-17/h1-6,18H,7,17H2. The maximum Gasteiger partial charge on any atom is 0.261 e. The van der Waals surface area contributed by atoms with Gasteiger partial charge in [0.1, 0.15) is 0 Å². The number of sulfonamides is 1. The molecule has 0 atom stereocenters. The minimum absolute atomic E-state index is 0.0977. The summed E-state index contributed by atoms with van der Waals surface area (Å²) in [7, 11) is -3.79. The van der Waals surface area contributed by atoms with Gasteiger partial charge in [0.15, 0.2) is 0 Å². The molecule has 0 aliphatic rings.